The second kappa shape index (κ2) is 7.62. The summed E-state index contributed by atoms with van der Waals surface area (Å²) in [6.07, 6.45) is 4.39. The second-order valence-corrected chi connectivity index (χ2v) is 6.09. The molecule has 0 aromatic heterocycles. The van der Waals surface area contributed by atoms with Gasteiger partial charge in [0.05, 0.1) is 13.2 Å². The zero-order valence-corrected chi connectivity index (χ0v) is 14.0. The molecule has 6 nitrogen and oxygen atoms in total. The molecule has 1 atom stereocenters. The van der Waals surface area contributed by atoms with Crippen molar-refractivity contribution in [3.05, 3.63) is 22.9 Å². The van der Waals surface area contributed by atoms with Gasteiger partial charge in [0.2, 0.25) is 0 Å². The second-order valence-electron chi connectivity index (χ2n) is 6.09. The number of hydrogen-bond donors (Lipinski definition) is 1. The highest BCUT2D eigenvalue weighted by atomic mass is 16.7. The van der Waals surface area contributed by atoms with Crippen molar-refractivity contribution in [2.24, 2.45) is 0 Å². The molecule has 1 saturated heterocycles. The average Bonchev–Trinajstić information content (AvgIpc) is 2.86. The van der Waals surface area contributed by atoms with E-state index in [1.54, 1.807) is 6.92 Å². The lowest BCUT2D eigenvalue weighted by atomic mass is 9.95. The van der Waals surface area contributed by atoms with Crippen LogP contribution in [0.25, 0.3) is 0 Å². The van der Waals surface area contributed by atoms with Crippen LogP contribution < -0.4 is 5.32 Å². The Kier molecular flexibility index (Phi) is 5.80. The molecule has 0 spiro atoms. The van der Waals surface area contributed by atoms with Crippen LogP contribution in [0.15, 0.2) is 22.9 Å². The SMILES string of the molecule is CCOC(=O)/C(C#N)=C1\C=C(NCC2COC(C)(C)O2)CCC1. The largest absolute Gasteiger partial charge is 0.462 e. The van der Waals surface area contributed by atoms with E-state index >= 15 is 0 Å². The van der Waals surface area contributed by atoms with Crippen LogP contribution in [-0.2, 0) is 19.0 Å². The van der Waals surface area contributed by atoms with Crippen LogP contribution in [0.3, 0.4) is 0 Å². The molecule has 126 valence electrons. The molecule has 0 saturated carbocycles. The van der Waals surface area contributed by atoms with Gasteiger partial charge in [-0.1, -0.05) is 0 Å². The summed E-state index contributed by atoms with van der Waals surface area (Å²) < 4.78 is 16.2. The first-order valence-electron chi connectivity index (χ1n) is 8.01. The first-order valence-corrected chi connectivity index (χ1v) is 8.01. The first-order chi connectivity index (χ1) is 10.9. The van der Waals surface area contributed by atoms with Gasteiger partial charge in [-0.2, -0.15) is 5.26 Å². The van der Waals surface area contributed by atoms with Crippen LogP contribution >= 0.6 is 0 Å². The van der Waals surface area contributed by atoms with Crippen molar-refractivity contribution < 1.29 is 19.0 Å². The van der Waals surface area contributed by atoms with Crippen LogP contribution in [-0.4, -0.2) is 37.6 Å². The predicted molar refractivity (Wildman–Crippen MR) is 84.1 cm³/mol. The average molecular weight is 320 g/mol. The minimum atomic E-state index is -0.545. The van der Waals surface area contributed by atoms with E-state index in [2.05, 4.69) is 5.32 Å². The van der Waals surface area contributed by atoms with Crippen molar-refractivity contribution in [2.45, 2.75) is 51.9 Å². The van der Waals surface area contributed by atoms with Crippen LogP contribution in [0.5, 0.6) is 0 Å². The van der Waals surface area contributed by atoms with Crippen molar-refractivity contribution in [3.63, 3.8) is 0 Å². The van der Waals surface area contributed by atoms with Crippen LogP contribution in [0, 0.1) is 11.3 Å². The van der Waals surface area contributed by atoms with Gasteiger partial charge in [-0.05, 0) is 51.7 Å². The lowest BCUT2D eigenvalue weighted by molar-refractivity contribution is -0.138. The molecule has 1 aliphatic heterocycles. The molecule has 2 aliphatic rings. The zero-order valence-electron chi connectivity index (χ0n) is 14.0. The summed E-state index contributed by atoms with van der Waals surface area (Å²) >= 11 is 0. The highest BCUT2D eigenvalue weighted by Crippen LogP contribution is 2.25. The molecule has 1 heterocycles. The molecule has 1 aliphatic carbocycles. The highest BCUT2D eigenvalue weighted by molar-refractivity contribution is 5.94. The Hall–Kier alpha value is -1.84. The van der Waals surface area contributed by atoms with E-state index in [1.807, 2.05) is 26.0 Å². The first kappa shape index (κ1) is 17.5. The van der Waals surface area contributed by atoms with Gasteiger partial charge >= 0.3 is 5.97 Å². The molecule has 0 amide bonds. The summed E-state index contributed by atoms with van der Waals surface area (Å²) in [4.78, 5) is 11.8. The molecule has 23 heavy (non-hydrogen) atoms. The fraction of sp³-hybridized carbons (Fsp3) is 0.647. The van der Waals surface area contributed by atoms with E-state index in [1.165, 1.54) is 0 Å². The highest BCUT2D eigenvalue weighted by Gasteiger charge is 2.32. The summed E-state index contributed by atoms with van der Waals surface area (Å²) in [5, 5.41) is 12.6. The van der Waals surface area contributed by atoms with E-state index in [0.29, 0.717) is 19.6 Å². The molecule has 1 N–H and O–H groups in total. The molecule has 6 heteroatoms. The molecule has 0 aromatic carbocycles. The van der Waals surface area contributed by atoms with E-state index in [0.717, 1.165) is 24.1 Å². The number of esters is 1. The van der Waals surface area contributed by atoms with Gasteiger partial charge in [-0.3, -0.25) is 0 Å². The third-order valence-corrected chi connectivity index (χ3v) is 3.78. The number of hydrogen-bond acceptors (Lipinski definition) is 6. The molecule has 0 bridgehead atoms. The number of rotatable bonds is 5. The number of nitrogens with zero attached hydrogens (tertiary/aromatic N) is 1. The molecule has 1 fully saturated rings. The van der Waals surface area contributed by atoms with E-state index in [9.17, 15) is 10.1 Å². The van der Waals surface area contributed by atoms with Crippen molar-refractivity contribution in [3.8, 4) is 6.07 Å². The van der Waals surface area contributed by atoms with Gasteiger partial charge < -0.3 is 19.5 Å². The lowest BCUT2D eigenvalue weighted by Gasteiger charge is -2.21. The quantitative estimate of drug-likeness (QED) is 0.475. The number of carbonyl (C=O) groups is 1. The van der Waals surface area contributed by atoms with Gasteiger partial charge in [0.25, 0.3) is 0 Å². The molecule has 0 aromatic rings. The van der Waals surface area contributed by atoms with Crippen molar-refractivity contribution in [1.82, 2.24) is 5.32 Å². The van der Waals surface area contributed by atoms with Gasteiger partial charge in [-0.25, -0.2) is 4.79 Å². The Morgan fingerprint density at radius 1 is 1.52 bits per heavy atom. The normalized spacial score (nSPS) is 25.3. The summed E-state index contributed by atoms with van der Waals surface area (Å²) in [5.41, 5.74) is 1.85. The Bertz CT molecular complexity index is 557. The van der Waals surface area contributed by atoms with Gasteiger partial charge in [-0.15, -0.1) is 0 Å². The monoisotopic (exact) mass is 320 g/mol. The lowest BCUT2D eigenvalue weighted by Crippen LogP contribution is -2.30. The summed E-state index contributed by atoms with van der Waals surface area (Å²) in [6, 6.07) is 1.97. The van der Waals surface area contributed by atoms with E-state index in [4.69, 9.17) is 14.2 Å². The summed E-state index contributed by atoms with van der Waals surface area (Å²) in [7, 11) is 0. The molecular formula is C17H24N2O4. The number of ether oxygens (including phenoxy) is 3. The maximum Gasteiger partial charge on any atom is 0.349 e. The third-order valence-electron chi connectivity index (χ3n) is 3.78. The topological polar surface area (TPSA) is 80.6 Å². The van der Waals surface area contributed by atoms with E-state index in [-0.39, 0.29) is 18.3 Å². The predicted octanol–water partition coefficient (Wildman–Crippen LogP) is 2.18. The van der Waals surface area contributed by atoms with Gasteiger partial charge in [0, 0.05) is 12.2 Å². The standard InChI is InChI=1S/C17H24N2O4/c1-4-21-16(20)15(9-18)12-6-5-7-13(8-12)19-10-14-11-22-17(2,3)23-14/h8,14,19H,4-7,10-11H2,1-3H3/b15-12-. The smallest absolute Gasteiger partial charge is 0.349 e. The van der Waals surface area contributed by atoms with Crippen LogP contribution in [0.2, 0.25) is 0 Å². The van der Waals surface area contributed by atoms with Crippen LogP contribution in [0.1, 0.15) is 40.0 Å². The van der Waals surface area contributed by atoms with Crippen molar-refractivity contribution in [2.75, 3.05) is 19.8 Å². The fourth-order valence-electron chi connectivity index (χ4n) is 2.72. The maximum absolute atomic E-state index is 11.8. The van der Waals surface area contributed by atoms with Crippen molar-refractivity contribution >= 4 is 5.97 Å². The summed E-state index contributed by atoms with van der Waals surface area (Å²) in [5.74, 6) is -1.08. The molecule has 0 radical (unpaired) electrons. The van der Waals surface area contributed by atoms with Crippen LogP contribution in [0.4, 0.5) is 0 Å². The third kappa shape index (κ3) is 4.81. The number of nitrogens with one attached hydrogen (secondary N) is 1. The number of allylic oxidation sites excluding steroid dienone is 3. The van der Waals surface area contributed by atoms with Crippen molar-refractivity contribution in [1.29, 1.82) is 5.26 Å². The molecule has 1 unspecified atom stereocenters. The zero-order chi connectivity index (χ0) is 16.9. The Morgan fingerprint density at radius 3 is 2.91 bits per heavy atom. The fourth-order valence-corrected chi connectivity index (χ4v) is 2.72. The summed E-state index contributed by atoms with van der Waals surface area (Å²) in [6.45, 7) is 6.98. The Morgan fingerprint density at radius 2 is 2.30 bits per heavy atom. The number of nitriles is 1. The molecular weight excluding hydrogens is 296 g/mol. The number of carbonyl (C=O) groups excluding carboxylic acids is 1. The van der Waals surface area contributed by atoms with Gasteiger partial charge in [0.15, 0.2) is 5.79 Å². The van der Waals surface area contributed by atoms with Gasteiger partial charge in [0.1, 0.15) is 17.7 Å². The Balaban J connectivity index is 2.01. The minimum absolute atomic E-state index is 0.000694. The van der Waals surface area contributed by atoms with E-state index < -0.39 is 11.8 Å². The maximum atomic E-state index is 11.8. The minimum Gasteiger partial charge on any atom is -0.462 e. The molecule has 2 rings (SSSR count). The Labute approximate surface area is 137 Å².